The smallest absolute Gasteiger partial charge is 0.227 e. The Bertz CT molecular complexity index is 896. The van der Waals surface area contributed by atoms with E-state index in [1.165, 1.54) is 4.90 Å². The van der Waals surface area contributed by atoms with Crippen LogP contribution in [-0.4, -0.2) is 38.4 Å². The van der Waals surface area contributed by atoms with Crippen LogP contribution in [0.3, 0.4) is 0 Å². The molecule has 7 heteroatoms. The van der Waals surface area contributed by atoms with Crippen molar-refractivity contribution in [3.63, 3.8) is 0 Å². The lowest BCUT2D eigenvalue weighted by atomic mass is 10.2. The van der Waals surface area contributed by atoms with Crippen molar-refractivity contribution in [2.75, 3.05) is 17.2 Å². The van der Waals surface area contributed by atoms with Gasteiger partial charge in [-0.05, 0) is 23.8 Å². The van der Waals surface area contributed by atoms with E-state index in [0.29, 0.717) is 25.2 Å². The Labute approximate surface area is 156 Å². The van der Waals surface area contributed by atoms with Gasteiger partial charge in [0, 0.05) is 29.2 Å². The first kappa shape index (κ1) is 16.8. The molecule has 0 radical (unpaired) electrons. The number of fused-ring (bicyclic) bond motifs is 1. The number of tetrazole rings is 1. The number of amides is 1. The first-order valence-corrected chi connectivity index (χ1v) is 9.65. The molecule has 1 amide bonds. The number of carbonyl (C=O) groups excluding carboxylic acids is 1. The number of hydrogen-bond donors (Lipinski definition) is 0. The van der Waals surface area contributed by atoms with Crippen LogP contribution in [0.25, 0.3) is 11.4 Å². The van der Waals surface area contributed by atoms with Crippen molar-refractivity contribution in [1.29, 1.82) is 0 Å². The molecular formula is C19H19N5OS. The molecule has 6 nitrogen and oxygen atoms in total. The highest BCUT2D eigenvalue weighted by atomic mass is 32.2. The van der Waals surface area contributed by atoms with Crippen LogP contribution in [0.2, 0.25) is 0 Å². The fraction of sp³-hybridized carbons (Fsp3) is 0.263. The molecule has 1 aliphatic rings. The van der Waals surface area contributed by atoms with Gasteiger partial charge in [-0.25, -0.2) is 0 Å². The van der Waals surface area contributed by atoms with Crippen LogP contribution in [0.15, 0.2) is 59.5 Å². The molecule has 1 aromatic heterocycles. The standard InChI is InChI=1S/C19H19N5OS/c25-18(23-13-14-26-17-10-5-4-9-16(17)23)11-6-12-24-21-19(20-22-24)15-7-2-1-3-8-15/h1-5,7-10H,6,11-14H2. The van der Waals surface area contributed by atoms with E-state index in [0.717, 1.165) is 23.5 Å². The van der Waals surface area contributed by atoms with Crippen molar-refractivity contribution in [1.82, 2.24) is 20.2 Å². The van der Waals surface area contributed by atoms with Gasteiger partial charge in [0.25, 0.3) is 0 Å². The fourth-order valence-electron chi connectivity index (χ4n) is 2.98. The molecule has 132 valence electrons. The van der Waals surface area contributed by atoms with Gasteiger partial charge in [-0.15, -0.1) is 22.0 Å². The van der Waals surface area contributed by atoms with E-state index in [9.17, 15) is 4.79 Å². The molecule has 26 heavy (non-hydrogen) atoms. The van der Waals surface area contributed by atoms with Crippen molar-refractivity contribution in [2.24, 2.45) is 0 Å². The molecule has 0 N–H and O–H groups in total. The molecule has 0 atom stereocenters. The Balaban J connectivity index is 1.34. The highest BCUT2D eigenvalue weighted by Gasteiger charge is 2.22. The number of aromatic nitrogens is 4. The summed E-state index contributed by atoms with van der Waals surface area (Å²) in [6.07, 6.45) is 1.16. The van der Waals surface area contributed by atoms with E-state index < -0.39 is 0 Å². The molecule has 1 aliphatic heterocycles. The first-order chi connectivity index (χ1) is 12.8. The zero-order chi connectivity index (χ0) is 17.8. The van der Waals surface area contributed by atoms with Gasteiger partial charge in [-0.2, -0.15) is 4.80 Å². The van der Waals surface area contributed by atoms with E-state index in [1.807, 2.05) is 53.4 Å². The Hall–Kier alpha value is -2.67. The second-order valence-electron chi connectivity index (χ2n) is 6.04. The number of carbonyl (C=O) groups is 1. The Morgan fingerprint density at radius 2 is 1.88 bits per heavy atom. The SMILES string of the molecule is O=C(CCCn1nnc(-c2ccccc2)n1)N1CCSc2ccccc21. The number of hydrogen-bond acceptors (Lipinski definition) is 5. The first-order valence-electron chi connectivity index (χ1n) is 8.67. The zero-order valence-corrected chi connectivity index (χ0v) is 15.1. The average Bonchev–Trinajstić information content (AvgIpc) is 3.17. The lowest BCUT2D eigenvalue weighted by Crippen LogP contribution is -2.35. The summed E-state index contributed by atoms with van der Waals surface area (Å²) >= 11 is 1.80. The Kier molecular flexibility index (Phi) is 4.97. The largest absolute Gasteiger partial charge is 0.310 e. The van der Waals surface area contributed by atoms with Crippen LogP contribution in [0.4, 0.5) is 5.69 Å². The van der Waals surface area contributed by atoms with Gasteiger partial charge in [0.2, 0.25) is 11.7 Å². The predicted octanol–water partition coefficient (Wildman–Crippen LogP) is 3.26. The minimum atomic E-state index is 0.154. The van der Waals surface area contributed by atoms with Gasteiger partial charge >= 0.3 is 0 Å². The maximum Gasteiger partial charge on any atom is 0.227 e. The predicted molar refractivity (Wildman–Crippen MR) is 102 cm³/mol. The summed E-state index contributed by atoms with van der Waals surface area (Å²) in [5, 5.41) is 12.6. The molecule has 3 aromatic rings. The minimum absolute atomic E-state index is 0.154. The number of aryl methyl sites for hydroxylation is 1. The summed E-state index contributed by atoms with van der Waals surface area (Å²) in [6, 6.07) is 17.8. The van der Waals surface area contributed by atoms with Crippen molar-refractivity contribution in [3.05, 3.63) is 54.6 Å². The second kappa shape index (κ2) is 7.70. The molecular weight excluding hydrogens is 346 g/mol. The summed E-state index contributed by atoms with van der Waals surface area (Å²) < 4.78 is 0. The molecule has 0 bridgehead atoms. The van der Waals surface area contributed by atoms with Crippen LogP contribution in [0.5, 0.6) is 0 Å². The van der Waals surface area contributed by atoms with Crippen LogP contribution < -0.4 is 4.90 Å². The zero-order valence-electron chi connectivity index (χ0n) is 14.3. The topological polar surface area (TPSA) is 63.9 Å². The van der Waals surface area contributed by atoms with E-state index >= 15 is 0 Å². The molecule has 4 rings (SSSR count). The van der Waals surface area contributed by atoms with Gasteiger partial charge in [-0.1, -0.05) is 42.5 Å². The number of para-hydroxylation sites is 1. The maximum absolute atomic E-state index is 12.6. The van der Waals surface area contributed by atoms with Gasteiger partial charge in [0.05, 0.1) is 12.2 Å². The lowest BCUT2D eigenvalue weighted by molar-refractivity contribution is -0.118. The van der Waals surface area contributed by atoms with Gasteiger partial charge in [-0.3, -0.25) is 4.79 Å². The van der Waals surface area contributed by atoms with E-state index in [4.69, 9.17) is 0 Å². The third-order valence-electron chi connectivity index (χ3n) is 4.26. The van der Waals surface area contributed by atoms with Gasteiger partial charge < -0.3 is 4.90 Å². The monoisotopic (exact) mass is 365 g/mol. The number of anilines is 1. The molecule has 0 aliphatic carbocycles. The second-order valence-corrected chi connectivity index (χ2v) is 7.18. The van der Waals surface area contributed by atoms with Crippen LogP contribution in [-0.2, 0) is 11.3 Å². The molecule has 0 saturated carbocycles. The summed E-state index contributed by atoms with van der Waals surface area (Å²) in [5.41, 5.74) is 1.97. The minimum Gasteiger partial charge on any atom is -0.310 e. The maximum atomic E-state index is 12.6. The molecule has 0 fully saturated rings. The average molecular weight is 365 g/mol. The van der Waals surface area contributed by atoms with Gasteiger partial charge in [0.15, 0.2) is 0 Å². The lowest BCUT2D eigenvalue weighted by Gasteiger charge is -2.29. The molecule has 0 spiro atoms. The Morgan fingerprint density at radius 1 is 1.08 bits per heavy atom. The Morgan fingerprint density at radius 3 is 2.77 bits per heavy atom. The van der Waals surface area contributed by atoms with E-state index in [2.05, 4.69) is 21.5 Å². The molecule has 0 saturated heterocycles. The van der Waals surface area contributed by atoms with Crippen molar-refractivity contribution in [2.45, 2.75) is 24.3 Å². The van der Waals surface area contributed by atoms with E-state index in [1.54, 1.807) is 16.6 Å². The molecule has 2 aromatic carbocycles. The number of nitrogens with zero attached hydrogens (tertiary/aromatic N) is 5. The van der Waals surface area contributed by atoms with Crippen molar-refractivity contribution >= 4 is 23.4 Å². The quantitative estimate of drug-likeness (QED) is 0.694. The number of benzene rings is 2. The molecule has 2 heterocycles. The summed E-state index contributed by atoms with van der Waals surface area (Å²) in [7, 11) is 0. The van der Waals surface area contributed by atoms with Crippen molar-refractivity contribution in [3.8, 4) is 11.4 Å². The highest BCUT2D eigenvalue weighted by Crippen LogP contribution is 2.34. The van der Waals surface area contributed by atoms with E-state index in [-0.39, 0.29) is 5.91 Å². The third-order valence-corrected chi connectivity index (χ3v) is 5.31. The summed E-state index contributed by atoms with van der Waals surface area (Å²) in [5.74, 6) is 1.70. The summed E-state index contributed by atoms with van der Waals surface area (Å²) in [4.78, 5) is 17.3. The van der Waals surface area contributed by atoms with Crippen LogP contribution in [0.1, 0.15) is 12.8 Å². The summed E-state index contributed by atoms with van der Waals surface area (Å²) in [6.45, 7) is 1.34. The van der Waals surface area contributed by atoms with Gasteiger partial charge in [0.1, 0.15) is 0 Å². The highest BCUT2D eigenvalue weighted by molar-refractivity contribution is 7.99. The number of thioether (sulfide) groups is 1. The molecule has 0 unspecified atom stereocenters. The number of rotatable bonds is 5. The fourth-order valence-corrected chi connectivity index (χ4v) is 3.97. The van der Waals surface area contributed by atoms with Crippen LogP contribution in [0, 0.1) is 0 Å². The van der Waals surface area contributed by atoms with Crippen LogP contribution >= 0.6 is 11.8 Å². The third kappa shape index (κ3) is 3.62. The normalized spacial score (nSPS) is 13.5. The van der Waals surface area contributed by atoms with Crippen molar-refractivity contribution < 1.29 is 4.79 Å².